The van der Waals surface area contributed by atoms with Crippen LogP contribution in [0.5, 0.6) is 0 Å². The van der Waals surface area contributed by atoms with Crippen molar-refractivity contribution in [3.8, 4) is 11.1 Å². The van der Waals surface area contributed by atoms with Crippen molar-refractivity contribution in [3.05, 3.63) is 106 Å². The number of fused-ring (bicyclic) bond motifs is 5. The number of nitrogens with two attached hydrogens (primary N) is 1. The van der Waals surface area contributed by atoms with Gasteiger partial charge in [0.15, 0.2) is 11.5 Å². The number of hydrogen-bond donors (Lipinski definition) is 1. The molecular formula is C35H32F6N4O2. The predicted octanol–water partition coefficient (Wildman–Crippen LogP) is 7.64. The topological polar surface area (TPSA) is 90.9 Å². The van der Waals surface area contributed by atoms with Gasteiger partial charge in [-0.1, -0.05) is 32.9 Å². The largest absolute Gasteiger partial charge is 0.435 e. The van der Waals surface area contributed by atoms with Crippen molar-refractivity contribution in [1.82, 2.24) is 14.8 Å². The number of pyridine rings is 1. The average Bonchev–Trinajstić information content (AvgIpc) is 3.52. The van der Waals surface area contributed by atoms with Gasteiger partial charge in [-0.3, -0.25) is 19.3 Å². The van der Waals surface area contributed by atoms with Crippen molar-refractivity contribution in [2.24, 2.45) is 11.1 Å². The molecule has 2 aromatic heterocycles. The Morgan fingerprint density at radius 2 is 1.74 bits per heavy atom. The number of halogens is 6. The highest BCUT2D eigenvalue weighted by Crippen LogP contribution is 2.69. The summed E-state index contributed by atoms with van der Waals surface area (Å²) >= 11 is 0. The number of carbonyl (C=O) groups is 2. The van der Waals surface area contributed by atoms with Crippen molar-refractivity contribution >= 4 is 11.7 Å². The number of aromatic nitrogens is 3. The van der Waals surface area contributed by atoms with Crippen LogP contribution in [-0.4, -0.2) is 26.5 Å². The predicted molar refractivity (Wildman–Crippen MR) is 161 cm³/mol. The molecule has 3 atom stereocenters. The summed E-state index contributed by atoms with van der Waals surface area (Å²) in [4.78, 5) is 30.2. The molecule has 1 fully saturated rings. The van der Waals surface area contributed by atoms with Crippen LogP contribution in [0.3, 0.4) is 0 Å². The van der Waals surface area contributed by atoms with Gasteiger partial charge in [0.25, 0.3) is 5.91 Å². The van der Waals surface area contributed by atoms with E-state index < -0.39 is 64.3 Å². The van der Waals surface area contributed by atoms with E-state index in [1.165, 1.54) is 23.0 Å². The fraction of sp³-hybridized carbons (Fsp3) is 0.371. The van der Waals surface area contributed by atoms with Crippen molar-refractivity contribution in [3.63, 3.8) is 0 Å². The fourth-order valence-electron chi connectivity index (χ4n) is 7.79. The highest BCUT2D eigenvalue weighted by molar-refractivity contribution is 5.94. The first-order valence-electron chi connectivity index (χ1n) is 15.2. The molecule has 1 saturated carbocycles. The molecule has 1 amide bonds. The molecule has 4 aromatic rings. The van der Waals surface area contributed by atoms with E-state index in [9.17, 15) is 35.9 Å². The quantitative estimate of drug-likeness (QED) is 0.188. The Hall–Kier alpha value is -4.48. The van der Waals surface area contributed by atoms with Crippen molar-refractivity contribution in [2.75, 3.05) is 0 Å². The van der Waals surface area contributed by atoms with Crippen LogP contribution >= 0.6 is 0 Å². The lowest BCUT2D eigenvalue weighted by Gasteiger charge is -2.35. The number of alkyl halides is 3. The van der Waals surface area contributed by atoms with Crippen LogP contribution < -0.4 is 5.73 Å². The minimum Gasteiger partial charge on any atom is -0.366 e. The number of amides is 1. The fourth-order valence-corrected chi connectivity index (χ4v) is 7.79. The van der Waals surface area contributed by atoms with Gasteiger partial charge in [0, 0.05) is 46.8 Å². The molecule has 47 heavy (non-hydrogen) atoms. The third-order valence-electron chi connectivity index (χ3n) is 10.3. The van der Waals surface area contributed by atoms with Crippen LogP contribution in [0.4, 0.5) is 26.3 Å². The van der Waals surface area contributed by atoms with Crippen LogP contribution in [0.2, 0.25) is 0 Å². The zero-order valence-electron chi connectivity index (χ0n) is 25.9. The Kier molecular flexibility index (Phi) is 7.83. The van der Waals surface area contributed by atoms with Gasteiger partial charge >= 0.3 is 6.18 Å². The molecule has 2 bridgehead atoms. The summed E-state index contributed by atoms with van der Waals surface area (Å²) in [5.41, 5.74) is 4.80. The number of nitrogens with zero attached hydrogens (tertiary/aromatic N) is 3. The maximum absolute atomic E-state index is 14.3. The maximum atomic E-state index is 14.3. The van der Waals surface area contributed by atoms with Crippen molar-refractivity contribution in [2.45, 2.75) is 76.4 Å². The summed E-state index contributed by atoms with van der Waals surface area (Å²) in [7, 11) is 0. The average molecular weight is 655 g/mol. The van der Waals surface area contributed by atoms with Crippen molar-refractivity contribution in [1.29, 1.82) is 0 Å². The molecule has 0 spiro atoms. The Bertz CT molecular complexity index is 1900. The third-order valence-corrected chi connectivity index (χ3v) is 10.3. The smallest absolute Gasteiger partial charge is 0.366 e. The second kappa shape index (κ2) is 11.3. The molecule has 0 saturated heterocycles. The number of rotatable bonds is 9. The summed E-state index contributed by atoms with van der Waals surface area (Å²) in [6, 6.07) is 9.93. The number of carbonyl (C=O) groups excluding carboxylic acids is 2. The van der Waals surface area contributed by atoms with Crippen LogP contribution in [0.25, 0.3) is 11.1 Å². The van der Waals surface area contributed by atoms with Gasteiger partial charge in [-0.2, -0.15) is 18.3 Å². The Morgan fingerprint density at radius 3 is 2.40 bits per heavy atom. The van der Waals surface area contributed by atoms with E-state index in [4.69, 9.17) is 5.73 Å². The zero-order chi connectivity index (χ0) is 34.1. The van der Waals surface area contributed by atoms with Gasteiger partial charge in [-0.25, -0.2) is 13.2 Å². The van der Waals surface area contributed by atoms with Crippen LogP contribution in [0.1, 0.15) is 90.4 Å². The van der Waals surface area contributed by atoms with Gasteiger partial charge in [0.2, 0.25) is 0 Å². The molecule has 2 heterocycles. The number of hydrogen-bond acceptors (Lipinski definition) is 4. The Balaban J connectivity index is 1.40. The minimum absolute atomic E-state index is 0.0634. The standard InChI is InChI=1S/C35H32F6N4O2/c1-33(2)26-8-9-34(33,3)31-28(26)30(35(39,40)41)44-45(31)17-23(46)14-20(11-18-12-21(36)16-22(37)13-18)29-24(5-4-10-43-29)19-6-7-27(38)25(15-19)32(42)47/h4-7,10,12-13,15-16,20,26H,8-9,11,14,17H2,1-3H3,(H2,42,47)/t20-,26?,34?/m1/s1. The summed E-state index contributed by atoms with van der Waals surface area (Å²) < 4.78 is 86.8. The van der Waals surface area contributed by atoms with Crippen LogP contribution in [-0.2, 0) is 29.4 Å². The third kappa shape index (κ3) is 5.51. The molecule has 6 nitrogen and oxygen atoms in total. The van der Waals surface area contributed by atoms with E-state index in [-0.39, 0.29) is 35.4 Å². The first-order chi connectivity index (χ1) is 22.0. The molecule has 12 heteroatoms. The van der Waals surface area contributed by atoms with Gasteiger partial charge in [-0.15, -0.1) is 0 Å². The number of primary amides is 1. The number of benzene rings is 2. The number of ketones is 1. The lowest BCUT2D eigenvalue weighted by atomic mass is 9.70. The van der Waals surface area contributed by atoms with Gasteiger partial charge in [-0.05, 0) is 72.1 Å². The molecule has 0 radical (unpaired) electrons. The van der Waals surface area contributed by atoms with E-state index in [1.807, 2.05) is 20.8 Å². The second-order valence-electron chi connectivity index (χ2n) is 13.3. The van der Waals surface area contributed by atoms with Gasteiger partial charge in [0.1, 0.15) is 17.5 Å². The lowest BCUT2D eigenvalue weighted by molar-refractivity contribution is -0.142. The van der Waals surface area contributed by atoms with E-state index in [0.717, 1.165) is 18.2 Å². The molecule has 2 N–H and O–H groups in total. The minimum atomic E-state index is -4.71. The monoisotopic (exact) mass is 654 g/mol. The highest BCUT2D eigenvalue weighted by Gasteiger charge is 2.64. The van der Waals surface area contributed by atoms with E-state index in [1.54, 1.807) is 12.1 Å². The maximum Gasteiger partial charge on any atom is 0.435 e. The zero-order valence-corrected chi connectivity index (χ0v) is 25.9. The normalized spacial score (nSPS) is 20.3. The second-order valence-corrected chi connectivity index (χ2v) is 13.3. The Labute approximate surface area is 267 Å². The highest BCUT2D eigenvalue weighted by atomic mass is 19.4. The van der Waals surface area contributed by atoms with Gasteiger partial charge in [0.05, 0.1) is 17.8 Å². The molecule has 2 aliphatic carbocycles. The van der Waals surface area contributed by atoms with E-state index >= 15 is 0 Å². The number of Topliss-reactive ketones (excluding diaryl/α,β-unsaturated/α-hetero) is 1. The molecule has 2 unspecified atom stereocenters. The molecule has 2 aromatic carbocycles. The molecule has 2 aliphatic rings. The molecule has 246 valence electrons. The molecule has 6 rings (SSSR count). The Morgan fingerprint density at radius 1 is 1.04 bits per heavy atom. The summed E-state index contributed by atoms with van der Waals surface area (Å²) in [5, 5.41) is 3.96. The van der Waals surface area contributed by atoms with E-state index in [0.29, 0.717) is 41.4 Å². The van der Waals surface area contributed by atoms with Crippen molar-refractivity contribution < 1.29 is 35.9 Å². The first kappa shape index (κ1) is 32.5. The van der Waals surface area contributed by atoms with E-state index in [2.05, 4.69) is 10.1 Å². The molecule has 0 aliphatic heterocycles. The van der Waals surface area contributed by atoms with Crippen LogP contribution in [0.15, 0.2) is 54.7 Å². The summed E-state index contributed by atoms with van der Waals surface area (Å²) in [6.07, 6.45) is -2.34. The van der Waals surface area contributed by atoms with Gasteiger partial charge < -0.3 is 5.73 Å². The first-order valence-corrected chi connectivity index (χ1v) is 15.2. The summed E-state index contributed by atoms with van der Waals surface area (Å²) in [5.74, 6) is -5.12. The lowest BCUT2D eigenvalue weighted by Crippen LogP contribution is -2.34. The summed E-state index contributed by atoms with van der Waals surface area (Å²) in [6.45, 7) is 5.38. The van der Waals surface area contributed by atoms with Crippen LogP contribution in [0, 0.1) is 22.9 Å². The molecular weight excluding hydrogens is 622 g/mol. The SMILES string of the molecule is CC12CCC(c3c(C(F)(F)F)nn(CC(=O)C[C@@H](Cc4cc(F)cc(F)c4)c4ncccc4-c4ccc(F)c(C(N)=O)c4)c31)C2(C)C.